The highest BCUT2D eigenvalue weighted by atomic mass is 16.5. The van der Waals surface area contributed by atoms with Gasteiger partial charge in [0, 0.05) is 12.8 Å². The zero-order chi connectivity index (χ0) is 17.4. The minimum absolute atomic E-state index is 0.0505. The Labute approximate surface area is 143 Å². The van der Waals surface area contributed by atoms with Crippen LogP contribution in [0.25, 0.3) is 0 Å². The van der Waals surface area contributed by atoms with Gasteiger partial charge in [-0.2, -0.15) is 0 Å². The lowest BCUT2D eigenvalue weighted by molar-refractivity contribution is -0.122. The summed E-state index contributed by atoms with van der Waals surface area (Å²) < 4.78 is 5.12. The van der Waals surface area contributed by atoms with E-state index in [1.165, 1.54) is 0 Å². The maximum absolute atomic E-state index is 12.1. The molecule has 0 bridgehead atoms. The largest absolute Gasteiger partial charge is 0.497 e. The van der Waals surface area contributed by atoms with Crippen LogP contribution < -0.4 is 10.1 Å². The number of nitrogens with one attached hydrogen (secondary N) is 1. The molecule has 128 valence electrons. The van der Waals surface area contributed by atoms with Crippen LogP contribution >= 0.6 is 0 Å². The highest BCUT2D eigenvalue weighted by molar-refractivity contribution is 5.76. The molecule has 0 aliphatic carbocycles. The molecule has 0 aliphatic heterocycles. The van der Waals surface area contributed by atoms with Crippen molar-refractivity contribution < 1.29 is 14.6 Å². The van der Waals surface area contributed by atoms with Crippen molar-refractivity contribution in [2.45, 2.75) is 38.3 Å². The second-order valence-corrected chi connectivity index (χ2v) is 5.96. The molecule has 0 aromatic heterocycles. The molecule has 0 aliphatic rings. The molecule has 24 heavy (non-hydrogen) atoms. The van der Waals surface area contributed by atoms with Gasteiger partial charge >= 0.3 is 0 Å². The number of aliphatic hydroxyl groups is 1. The lowest BCUT2D eigenvalue weighted by Crippen LogP contribution is -2.42. The molecule has 0 saturated carbocycles. The summed E-state index contributed by atoms with van der Waals surface area (Å²) in [5.74, 6) is 0.756. The summed E-state index contributed by atoms with van der Waals surface area (Å²) >= 11 is 0. The number of aryl methyl sites for hydroxylation is 1. The molecule has 2 atom stereocenters. The molecule has 0 spiro atoms. The molecule has 4 heteroatoms. The first-order chi connectivity index (χ1) is 11.6. The van der Waals surface area contributed by atoms with Gasteiger partial charge in [0.25, 0.3) is 0 Å². The Balaban J connectivity index is 1.76. The Morgan fingerprint density at radius 2 is 1.75 bits per heavy atom. The molecule has 2 aromatic rings. The van der Waals surface area contributed by atoms with Crippen LogP contribution in [-0.2, 0) is 17.6 Å². The number of benzene rings is 2. The monoisotopic (exact) mass is 327 g/mol. The molecular formula is C20H25NO3. The van der Waals surface area contributed by atoms with Crippen molar-refractivity contribution in [2.24, 2.45) is 0 Å². The Hall–Kier alpha value is -2.33. The molecule has 1 amide bonds. The van der Waals surface area contributed by atoms with E-state index in [1.807, 2.05) is 61.5 Å². The van der Waals surface area contributed by atoms with Crippen LogP contribution in [0.2, 0.25) is 0 Å². The number of methoxy groups -OCH3 is 1. The van der Waals surface area contributed by atoms with E-state index in [4.69, 9.17) is 4.74 Å². The predicted octanol–water partition coefficient (Wildman–Crippen LogP) is 2.74. The van der Waals surface area contributed by atoms with Crippen molar-refractivity contribution in [2.75, 3.05) is 7.11 Å². The molecule has 2 N–H and O–H groups in total. The van der Waals surface area contributed by atoms with Crippen LogP contribution in [0.5, 0.6) is 5.75 Å². The van der Waals surface area contributed by atoms with Gasteiger partial charge < -0.3 is 15.2 Å². The highest BCUT2D eigenvalue weighted by Crippen LogP contribution is 2.12. The fourth-order valence-electron chi connectivity index (χ4n) is 2.50. The van der Waals surface area contributed by atoms with Gasteiger partial charge in [-0.3, -0.25) is 4.79 Å². The van der Waals surface area contributed by atoms with E-state index in [1.54, 1.807) is 7.11 Å². The van der Waals surface area contributed by atoms with Crippen molar-refractivity contribution in [3.05, 3.63) is 65.7 Å². The Kier molecular flexibility index (Phi) is 6.82. The molecule has 0 radical (unpaired) electrons. The summed E-state index contributed by atoms with van der Waals surface area (Å²) in [6.07, 6.45) is 0.990. The van der Waals surface area contributed by atoms with Gasteiger partial charge in [-0.05, 0) is 36.6 Å². The van der Waals surface area contributed by atoms with E-state index in [0.29, 0.717) is 19.3 Å². The number of ether oxygens (including phenoxy) is 1. The first-order valence-corrected chi connectivity index (χ1v) is 8.23. The Morgan fingerprint density at radius 3 is 2.38 bits per heavy atom. The van der Waals surface area contributed by atoms with Gasteiger partial charge in [0.15, 0.2) is 0 Å². The lowest BCUT2D eigenvalue weighted by Gasteiger charge is -2.20. The van der Waals surface area contributed by atoms with E-state index in [-0.39, 0.29) is 11.9 Å². The van der Waals surface area contributed by atoms with Gasteiger partial charge in [0.1, 0.15) is 5.75 Å². The first kappa shape index (κ1) is 18.0. The van der Waals surface area contributed by atoms with E-state index in [0.717, 1.165) is 16.9 Å². The van der Waals surface area contributed by atoms with E-state index in [2.05, 4.69) is 5.32 Å². The summed E-state index contributed by atoms with van der Waals surface area (Å²) in [6, 6.07) is 17.2. The van der Waals surface area contributed by atoms with E-state index < -0.39 is 6.10 Å². The van der Waals surface area contributed by atoms with Crippen molar-refractivity contribution in [1.82, 2.24) is 5.32 Å². The number of carbonyl (C=O) groups is 1. The average molecular weight is 327 g/mol. The third kappa shape index (κ3) is 5.70. The van der Waals surface area contributed by atoms with Crippen molar-refractivity contribution >= 4 is 5.91 Å². The molecule has 4 nitrogen and oxygen atoms in total. The zero-order valence-corrected chi connectivity index (χ0v) is 14.2. The van der Waals surface area contributed by atoms with Crippen LogP contribution in [0.3, 0.4) is 0 Å². The number of carbonyl (C=O) groups excluding carboxylic acids is 1. The van der Waals surface area contributed by atoms with Gasteiger partial charge in [-0.15, -0.1) is 0 Å². The number of hydrogen-bond acceptors (Lipinski definition) is 3. The molecular weight excluding hydrogens is 302 g/mol. The van der Waals surface area contributed by atoms with Gasteiger partial charge in [-0.25, -0.2) is 0 Å². The standard InChI is InChI=1S/C20H25NO3/c1-15(19(22)14-17-6-4-3-5-7-17)21-20(23)13-10-16-8-11-18(24-2)12-9-16/h3-9,11-12,15,19,22H,10,13-14H2,1-2H3,(H,21,23). The van der Waals surface area contributed by atoms with Crippen LogP contribution in [-0.4, -0.2) is 30.3 Å². The van der Waals surface area contributed by atoms with Crippen molar-refractivity contribution in [3.63, 3.8) is 0 Å². The molecule has 2 unspecified atom stereocenters. The van der Waals surface area contributed by atoms with Crippen molar-refractivity contribution in [1.29, 1.82) is 0 Å². The number of hydrogen-bond donors (Lipinski definition) is 2. The maximum Gasteiger partial charge on any atom is 0.220 e. The average Bonchev–Trinajstić information content (AvgIpc) is 2.61. The second-order valence-electron chi connectivity index (χ2n) is 5.96. The summed E-state index contributed by atoms with van der Waals surface area (Å²) in [6.45, 7) is 1.83. The summed E-state index contributed by atoms with van der Waals surface area (Å²) in [7, 11) is 1.63. The molecule has 0 saturated heterocycles. The van der Waals surface area contributed by atoms with Gasteiger partial charge in [-0.1, -0.05) is 42.5 Å². The molecule has 2 rings (SSSR count). The van der Waals surface area contributed by atoms with Crippen LogP contribution in [0.1, 0.15) is 24.5 Å². The molecule has 0 heterocycles. The number of aliphatic hydroxyl groups excluding tert-OH is 1. The second kappa shape index (κ2) is 9.08. The summed E-state index contributed by atoms with van der Waals surface area (Å²) in [4.78, 5) is 12.1. The zero-order valence-electron chi connectivity index (χ0n) is 14.2. The summed E-state index contributed by atoms with van der Waals surface area (Å²) in [5, 5.41) is 13.1. The first-order valence-electron chi connectivity index (χ1n) is 8.23. The van der Waals surface area contributed by atoms with E-state index >= 15 is 0 Å². The molecule has 2 aromatic carbocycles. The highest BCUT2D eigenvalue weighted by Gasteiger charge is 2.16. The fraction of sp³-hybridized carbons (Fsp3) is 0.350. The maximum atomic E-state index is 12.1. The predicted molar refractivity (Wildman–Crippen MR) is 95.1 cm³/mol. The Bertz CT molecular complexity index is 625. The Morgan fingerprint density at radius 1 is 1.08 bits per heavy atom. The van der Waals surface area contributed by atoms with Gasteiger partial charge in [0.2, 0.25) is 5.91 Å². The minimum Gasteiger partial charge on any atom is -0.497 e. The van der Waals surface area contributed by atoms with Crippen LogP contribution in [0.15, 0.2) is 54.6 Å². The van der Waals surface area contributed by atoms with Crippen LogP contribution in [0.4, 0.5) is 0 Å². The van der Waals surface area contributed by atoms with Gasteiger partial charge in [0.05, 0.1) is 19.3 Å². The quantitative estimate of drug-likeness (QED) is 0.784. The molecule has 0 fully saturated rings. The summed E-state index contributed by atoms with van der Waals surface area (Å²) in [5.41, 5.74) is 2.15. The SMILES string of the molecule is COc1ccc(CCC(=O)NC(C)C(O)Cc2ccccc2)cc1. The normalized spacial score (nSPS) is 13.1. The lowest BCUT2D eigenvalue weighted by atomic mass is 10.0. The smallest absolute Gasteiger partial charge is 0.220 e. The van der Waals surface area contributed by atoms with E-state index in [9.17, 15) is 9.90 Å². The number of amides is 1. The fourth-order valence-corrected chi connectivity index (χ4v) is 2.50. The minimum atomic E-state index is -0.600. The topological polar surface area (TPSA) is 58.6 Å². The third-order valence-corrected chi connectivity index (χ3v) is 4.05. The van der Waals surface area contributed by atoms with Crippen molar-refractivity contribution in [3.8, 4) is 5.75 Å². The third-order valence-electron chi connectivity index (χ3n) is 4.05. The van der Waals surface area contributed by atoms with Crippen LogP contribution in [0, 0.1) is 0 Å². The number of rotatable bonds is 8.